The van der Waals surface area contributed by atoms with E-state index >= 15 is 0 Å². The van der Waals surface area contributed by atoms with Crippen molar-refractivity contribution in [1.29, 1.82) is 0 Å². The van der Waals surface area contributed by atoms with Crippen molar-refractivity contribution in [3.8, 4) is 0 Å². The summed E-state index contributed by atoms with van der Waals surface area (Å²) in [5.41, 5.74) is 5.45. The number of hydrogen-bond donors (Lipinski definition) is 1. The van der Waals surface area contributed by atoms with E-state index in [1.54, 1.807) is 20.8 Å². The van der Waals surface area contributed by atoms with E-state index in [9.17, 15) is 19.7 Å². The summed E-state index contributed by atoms with van der Waals surface area (Å²) in [5, 5.41) is 10.6. The molecule has 1 aliphatic rings. The average molecular weight is 350 g/mol. The van der Waals surface area contributed by atoms with E-state index in [1.165, 1.54) is 24.3 Å². The van der Waals surface area contributed by atoms with Crippen molar-refractivity contribution in [3.63, 3.8) is 0 Å². The molecule has 0 aromatic heterocycles. The number of ether oxygens (including phenoxy) is 2. The second kappa shape index (κ2) is 7.18. The smallest absolute Gasteiger partial charge is 0.338 e. The van der Waals surface area contributed by atoms with Crippen LogP contribution in [0.5, 0.6) is 0 Å². The zero-order chi connectivity index (χ0) is 18.8. The third kappa shape index (κ3) is 4.99. The fourth-order valence-electron chi connectivity index (χ4n) is 2.50. The van der Waals surface area contributed by atoms with Gasteiger partial charge in [-0.3, -0.25) is 14.9 Å². The van der Waals surface area contributed by atoms with E-state index in [0.717, 1.165) is 0 Å². The van der Waals surface area contributed by atoms with Gasteiger partial charge in [-0.25, -0.2) is 4.79 Å². The molecule has 2 rings (SSSR count). The Morgan fingerprint density at radius 2 is 1.80 bits per heavy atom. The van der Waals surface area contributed by atoms with Gasteiger partial charge in [0.05, 0.1) is 10.5 Å². The first-order chi connectivity index (χ1) is 11.6. The van der Waals surface area contributed by atoms with Crippen LogP contribution in [0.15, 0.2) is 24.3 Å². The van der Waals surface area contributed by atoms with Crippen molar-refractivity contribution in [2.45, 2.75) is 51.4 Å². The average Bonchev–Trinajstić information content (AvgIpc) is 2.48. The molecule has 25 heavy (non-hydrogen) atoms. The molecule has 0 saturated heterocycles. The van der Waals surface area contributed by atoms with E-state index in [4.69, 9.17) is 15.2 Å². The molecule has 0 radical (unpaired) electrons. The maximum absolute atomic E-state index is 12.0. The first-order valence-corrected chi connectivity index (χ1v) is 8.00. The van der Waals surface area contributed by atoms with Crippen LogP contribution in [0.2, 0.25) is 0 Å². The van der Waals surface area contributed by atoms with Crippen LogP contribution < -0.4 is 5.73 Å². The van der Waals surface area contributed by atoms with Gasteiger partial charge in [-0.05, 0) is 51.7 Å². The normalized spacial score (nSPS) is 21.0. The summed E-state index contributed by atoms with van der Waals surface area (Å²) in [6.07, 6.45) is 0.652. The zero-order valence-electron chi connectivity index (χ0n) is 14.4. The highest BCUT2D eigenvalue weighted by Gasteiger charge is 2.40. The van der Waals surface area contributed by atoms with Crippen LogP contribution in [0.4, 0.5) is 5.69 Å². The Balaban J connectivity index is 1.82. The number of nitro benzene ring substituents is 1. The standard InChI is InChI=1S/C17H22N2O6/c1-17(2,3)25-16(21)14(18)11-8-13(9-11)24-15(20)10-4-6-12(7-5-10)19(22)23/h4-7,11,13-14H,8-9,18H2,1-3H3. The molecule has 2 N–H and O–H groups in total. The lowest BCUT2D eigenvalue weighted by Gasteiger charge is -2.37. The number of nitrogens with two attached hydrogens (primary N) is 1. The molecule has 0 heterocycles. The Morgan fingerprint density at radius 1 is 1.24 bits per heavy atom. The van der Waals surface area contributed by atoms with Gasteiger partial charge in [-0.1, -0.05) is 0 Å². The van der Waals surface area contributed by atoms with Crippen LogP contribution in [0.1, 0.15) is 44.0 Å². The first kappa shape index (κ1) is 18.9. The topological polar surface area (TPSA) is 122 Å². The van der Waals surface area contributed by atoms with Gasteiger partial charge in [-0.2, -0.15) is 0 Å². The van der Waals surface area contributed by atoms with Gasteiger partial charge in [0.15, 0.2) is 0 Å². The summed E-state index contributed by atoms with van der Waals surface area (Å²) in [4.78, 5) is 34.0. The molecule has 1 saturated carbocycles. The Morgan fingerprint density at radius 3 is 2.28 bits per heavy atom. The molecule has 1 atom stereocenters. The molecule has 0 spiro atoms. The lowest BCUT2D eigenvalue weighted by molar-refractivity contribution is -0.384. The molecular formula is C17H22N2O6. The predicted octanol–water partition coefficient (Wildman–Crippen LogP) is 2.20. The highest BCUT2D eigenvalue weighted by Crippen LogP contribution is 2.33. The van der Waals surface area contributed by atoms with E-state index in [0.29, 0.717) is 12.8 Å². The van der Waals surface area contributed by atoms with Crippen molar-refractivity contribution in [3.05, 3.63) is 39.9 Å². The fraction of sp³-hybridized carbons (Fsp3) is 0.529. The lowest BCUT2D eigenvalue weighted by atomic mass is 9.77. The van der Waals surface area contributed by atoms with Crippen molar-refractivity contribution in [2.75, 3.05) is 0 Å². The molecule has 1 aromatic rings. The van der Waals surface area contributed by atoms with Gasteiger partial charge in [0.1, 0.15) is 17.7 Å². The number of nitro groups is 1. The van der Waals surface area contributed by atoms with Gasteiger partial charge in [0.25, 0.3) is 5.69 Å². The summed E-state index contributed by atoms with van der Waals surface area (Å²) in [7, 11) is 0. The molecule has 8 heteroatoms. The van der Waals surface area contributed by atoms with Gasteiger partial charge in [0, 0.05) is 12.1 Å². The van der Waals surface area contributed by atoms with Crippen LogP contribution in [0.3, 0.4) is 0 Å². The van der Waals surface area contributed by atoms with Gasteiger partial charge < -0.3 is 15.2 Å². The van der Waals surface area contributed by atoms with E-state index in [2.05, 4.69) is 0 Å². The summed E-state index contributed by atoms with van der Waals surface area (Å²) in [5.74, 6) is -1.11. The molecule has 1 aromatic carbocycles. The Labute approximate surface area is 145 Å². The number of non-ortho nitro benzene ring substituents is 1. The molecule has 8 nitrogen and oxygen atoms in total. The Hall–Kier alpha value is -2.48. The van der Waals surface area contributed by atoms with Crippen LogP contribution >= 0.6 is 0 Å². The van der Waals surface area contributed by atoms with Crippen molar-refractivity contribution in [2.24, 2.45) is 11.7 Å². The van der Waals surface area contributed by atoms with Gasteiger partial charge in [-0.15, -0.1) is 0 Å². The zero-order valence-corrected chi connectivity index (χ0v) is 14.4. The molecule has 1 fully saturated rings. The largest absolute Gasteiger partial charge is 0.459 e. The lowest BCUT2D eigenvalue weighted by Crippen LogP contribution is -2.49. The van der Waals surface area contributed by atoms with Crippen molar-refractivity contribution >= 4 is 17.6 Å². The second-order valence-corrected chi connectivity index (χ2v) is 7.12. The molecule has 1 unspecified atom stereocenters. The Bertz CT molecular complexity index is 659. The third-order valence-electron chi connectivity index (χ3n) is 3.91. The molecule has 1 aliphatic carbocycles. The van der Waals surface area contributed by atoms with Crippen molar-refractivity contribution in [1.82, 2.24) is 0 Å². The SMILES string of the molecule is CC(C)(C)OC(=O)C(N)C1CC(OC(=O)c2ccc([N+](=O)[O-])cc2)C1. The minimum atomic E-state index is -0.742. The highest BCUT2D eigenvalue weighted by molar-refractivity contribution is 5.89. The number of hydrogen-bond acceptors (Lipinski definition) is 7. The second-order valence-electron chi connectivity index (χ2n) is 7.12. The van der Waals surface area contributed by atoms with Crippen LogP contribution in [-0.4, -0.2) is 34.6 Å². The summed E-state index contributed by atoms with van der Waals surface area (Å²) in [6, 6.07) is 4.46. The molecule has 0 bridgehead atoms. The molecule has 136 valence electrons. The number of nitrogens with zero attached hydrogens (tertiary/aromatic N) is 1. The van der Waals surface area contributed by atoms with E-state index in [-0.39, 0.29) is 23.3 Å². The molecular weight excluding hydrogens is 328 g/mol. The number of benzene rings is 1. The fourth-order valence-corrected chi connectivity index (χ4v) is 2.50. The molecule has 0 aliphatic heterocycles. The van der Waals surface area contributed by atoms with E-state index < -0.39 is 28.5 Å². The third-order valence-corrected chi connectivity index (χ3v) is 3.91. The summed E-state index contributed by atoms with van der Waals surface area (Å²) >= 11 is 0. The molecule has 0 amide bonds. The predicted molar refractivity (Wildman–Crippen MR) is 88.8 cm³/mol. The van der Waals surface area contributed by atoms with Crippen LogP contribution in [0, 0.1) is 16.0 Å². The van der Waals surface area contributed by atoms with Crippen molar-refractivity contribution < 1.29 is 24.0 Å². The minimum absolute atomic E-state index is 0.0930. The number of carbonyl (C=O) groups is 2. The first-order valence-electron chi connectivity index (χ1n) is 8.00. The Kier molecular flexibility index (Phi) is 5.42. The van der Waals surface area contributed by atoms with Gasteiger partial charge >= 0.3 is 11.9 Å². The van der Waals surface area contributed by atoms with Crippen LogP contribution in [-0.2, 0) is 14.3 Å². The monoisotopic (exact) mass is 350 g/mol. The highest BCUT2D eigenvalue weighted by atomic mass is 16.6. The maximum atomic E-state index is 12.0. The minimum Gasteiger partial charge on any atom is -0.459 e. The summed E-state index contributed by atoms with van der Waals surface area (Å²) in [6.45, 7) is 5.31. The number of rotatable bonds is 5. The van der Waals surface area contributed by atoms with Gasteiger partial charge in [0.2, 0.25) is 0 Å². The quantitative estimate of drug-likeness (QED) is 0.490. The number of esters is 2. The summed E-state index contributed by atoms with van der Waals surface area (Å²) < 4.78 is 10.6. The van der Waals surface area contributed by atoms with E-state index in [1.807, 2.05) is 0 Å². The maximum Gasteiger partial charge on any atom is 0.338 e. The number of carbonyl (C=O) groups excluding carboxylic acids is 2. The van der Waals surface area contributed by atoms with Crippen LogP contribution in [0.25, 0.3) is 0 Å².